The van der Waals surface area contributed by atoms with Crippen LogP contribution >= 0.6 is 0 Å². The summed E-state index contributed by atoms with van der Waals surface area (Å²) < 4.78 is 0. The van der Waals surface area contributed by atoms with Crippen LogP contribution in [0.2, 0.25) is 0 Å². The first-order valence-corrected chi connectivity index (χ1v) is 15.4. The molecule has 6 rings (SSSR count). The number of hydrogen-bond acceptors (Lipinski definition) is 5. The zero-order valence-electron chi connectivity index (χ0n) is 26.8. The smallest absolute Gasteiger partial charge is 0.139 e. The quantitative estimate of drug-likeness (QED) is 0.0801. The predicted octanol–water partition coefficient (Wildman–Crippen LogP) is 10.4. The second-order valence-corrected chi connectivity index (χ2v) is 11.2. The van der Waals surface area contributed by atoms with E-state index in [0.717, 1.165) is 85.4 Å². The molecule has 45 heavy (non-hydrogen) atoms. The summed E-state index contributed by atoms with van der Waals surface area (Å²) in [6.07, 6.45) is 2.76. The van der Waals surface area contributed by atoms with Crippen molar-refractivity contribution in [3.8, 4) is 0 Å². The lowest BCUT2D eigenvalue weighted by atomic mass is 9.96. The van der Waals surface area contributed by atoms with Crippen molar-refractivity contribution < 1.29 is 0 Å². The van der Waals surface area contributed by atoms with Crippen LogP contribution in [0.15, 0.2) is 120 Å². The molecule has 0 aliphatic heterocycles. The number of amidine groups is 1. The number of rotatable bonds is 7. The van der Waals surface area contributed by atoms with Crippen LogP contribution in [0.25, 0.3) is 21.5 Å². The Morgan fingerprint density at radius 3 is 1.44 bits per heavy atom. The second kappa shape index (κ2) is 12.7. The second-order valence-electron chi connectivity index (χ2n) is 11.2. The van der Waals surface area contributed by atoms with Crippen molar-refractivity contribution >= 4 is 56.2 Å². The number of aliphatic imine (C=N–C) groups is 1. The molecule has 0 N–H and O–H groups in total. The highest BCUT2D eigenvalue weighted by atomic mass is 15.3. The fourth-order valence-corrected chi connectivity index (χ4v) is 5.80. The fraction of sp³-hybridized carbons (Fsp3) is 0.179. The molecule has 6 nitrogen and oxygen atoms in total. The highest BCUT2D eigenvalue weighted by Crippen LogP contribution is 2.48. The normalized spacial score (nSPS) is 12.1. The Labute approximate surface area is 265 Å². The van der Waals surface area contributed by atoms with Crippen molar-refractivity contribution in [3.63, 3.8) is 0 Å². The maximum absolute atomic E-state index is 5.12. The molecular weight excluding hydrogens is 552 g/mol. The average molecular weight is 591 g/mol. The van der Waals surface area contributed by atoms with E-state index in [-0.39, 0.29) is 0 Å². The van der Waals surface area contributed by atoms with Crippen LogP contribution in [-0.4, -0.2) is 20.8 Å². The predicted molar refractivity (Wildman–Crippen MR) is 189 cm³/mol. The maximum Gasteiger partial charge on any atom is 0.139 e. The molecule has 0 unspecified atom stereocenters. The SMILES string of the molecule is C/C=C(/C)N=C(CC)N(c1cccc(C)n1)c1c2ccccc2c(N(c2cccc(C)n2)c2cccc(C)n2)c2ccccc12. The van der Waals surface area contributed by atoms with Gasteiger partial charge in [-0.3, -0.25) is 9.80 Å². The molecule has 0 aliphatic carbocycles. The summed E-state index contributed by atoms with van der Waals surface area (Å²) in [5.74, 6) is 3.38. The van der Waals surface area contributed by atoms with E-state index in [1.54, 1.807) is 0 Å². The van der Waals surface area contributed by atoms with Crippen LogP contribution in [0.1, 0.15) is 44.3 Å². The number of allylic oxidation sites excluding steroid dienone is 2. The highest BCUT2D eigenvalue weighted by Gasteiger charge is 2.27. The van der Waals surface area contributed by atoms with Crippen LogP contribution < -0.4 is 9.80 Å². The Balaban J connectivity index is 1.78. The number of fused-ring (bicyclic) bond motifs is 2. The molecule has 0 radical (unpaired) electrons. The summed E-state index contributed by atoms with van der Waals surface area (Å²) in [5, 5.41) is 4.32. The number of pyridine rings is 3. The Hall–Kier alpha value is -5.36. The van der Waals surface area contributed by atoms with Crippen LogP contribution in [-0.2, 0) is 0 Å². The molecule has 6 heteroatoms. The summed E-state index contributed by atoms with van der Waals surface area (Å²) >= 11 is 0. The van der Waals surface area contributed by atoms with E-state index in [1.807, 2.05) is 58.9 Å². The minimum absolute atomic E-state index is 0.720. The lowest BCUT2D eigenvalue weighted by Gasteiger charge is -2.32. The van der Waals surface area contributed by atoms with Gasteiger partial charge < -0.3 is 0 Å². The molecule has 224 valence electrons. The van der Waals surface area contributed by atoms with Crippen LogP contribution in [0.5, 0.6) is 0 Å². The molecule has 0 saturated heterocycles. The van der Waals surface area contributed by atoms with E-state index >= 15 is 0 Å². The van der Waals surface area contributed by atoms with Crippen molar-refractivity contribution in [3.05, 3.63) is 132 Å². The molecule has 6 aromatic rings. The van der Waals surface area contributed by atoms with E-state index in [9.17, 15) is 0 Å². The summed E-state index contributed by atoms with van der Waals surface area (Å²) in [5.41, 5.74) is 5.85. The van der Waals surface area contributed by atoms with Gasteiger partial charge in [0, 0.05) is 50.7 Å². The molecule has 3 heterocycles. The van der Waals surface area contributed by atoms with Gasteiger partial charge in [-0.05, 0) is 71.0 Å². The Bertz CT molecular complexity index is 1970. The van der Waals surface area contributed by atoms with Gasteiger partial charge in [-0.1, -0.05) is 79.7 Å². The molecule has 0 atom stereocenters. The van der Waals surface area contributed by atoms with E-state index in [4.69, 9.17) is 19.9 Å². The molecule has 0 bridgehead atoms. The molecule has 0 saturated carbocycles. The van der Waals surface area contributed by atoms with Gasteiger partial charge in [0.1, 0.15) is 23.3 Å². The van der Waals surface area contributed by atoms with Gasteiger partial charge >= 0.3 is 0 Å². The minimum Gasteiger partial charge on any atom is -0.281 e. The fourth-order valence-electron chi connectivity index (χ4n) is 5.80. The first-order valence-electron chi connectivity index (χ1n) is 15.4. The zero-order valence-corrected chi connectivity index (χ0v) is 26.8. The van der Waals surface area contributed by atoms with Crippen molar-refractivity contribution in [2.75, 3.05) is 9.80 Å². The standard InChI is InChI=1S/C39H38N6/c1-7-26(3)40-34(8-2)44(35-23-13-16-27(4)41-35)38-30-19-9-11-21-32(30)39(33-22-12-10-20-31(33)38)45(36-24-14-17-28(5)42-36)37-25-15-18-29(6)43-37/h7,9-25H,8H2,1-6H3/b26-7-,40-34?. The Morgan fingerprint density at radius 1 is 0.600 bits per heavy atom. The topological polar surface area (TPSA) is 57.5 Å². The zero-order chi connectivity index (χ0) is 31.5. The largest absolute Gasteiger partial charge is 0.281 e. The van der Waals surface area contributed by atoms with E-state index in [0.29, 0.717) is 0 Å². The number of nitrogens with zero attached hydrogens (tertiary/aromatic N) is 6. The van der Waals surface area contributed by atoms with Gasteiger partial charge in [-0.2, -0.15) is 0 Å². The van der Waals surface area contributed by atoms with Crippen molar-refractivity contribution in [2.24, 2.45) is 4.99 Å². The van der Waals surface area contributed by atoms with Gasteiger partial charge in [-0.15, -0.1) is 0 Å². The van der Waals surface area contributed by atoms with Gasteiger partial charge in [0.25, 0.3) is 0 Å². The molecule has 0 spiro atoms. The third kappa shape index (κ3) is 5.79. The van der Waals surface area contributed by atoms with Crippen LogP contribution in [0.3, 0.4) is 0 Å². The number of aryl methyl sites for hydroxylation is 3. The Morgan fingerprint density at radius 2 is 1.02 bits per heavy atom. The van der Waals surface area contributed by atoms with E-state index in [2.05, 4.69) is 102 Å². The molecule has 3 aromatic carbocycles. The monoisotopic (exact) mass is 590 g/mol. The maximum atomic E-state index is 5.12. The lowest BCUT2D eigenvalue weighted by Crippen LogP contribution is -2.27. The van der Waals surface area contributed by atoms with Gasteiger partial charge in [-0.25, -0.2) is 19.9 Å². The van der Waals surface area contributed by atoms with Gasteiger partial charge in [0.15, 0.2) is 0 Å². The first kappa shape index (κ1) is 29.7. The molecule has 3 aromatic heterocycles. The third-order valence-electron chi connectivity index (χ3n) is 7.93. The summed E-state index contributed by atoms with van der Waals surface area (Å²) in [6, 6.07) is 35.6. The van der Waals surface area contributed by atoms with Crippen molar-refractivity contribution in [1.82, 2.24) is 15.0 Å². The molecule has 0 amide bonds. The van der Waals surface area contributed by atoms with E-state index < -0.39 is 0 Å². The highest BCUT2D eigenvalue weighted by molar-refractivity contribution is 6.25. The lowest BCUT2D eigenvalue weighted by molar-refractivity contribution is 1.08. The van der Waals surface area contributed by atoms with Gasteiger partial charge in [0.05, 0.1) is 11.4 Å². The van der Waals surface area contributed by atoms with E-state index in [1.165, 1.54) is 0 Å². The number of aromatic nitrogens is 3. The molecule has 0 fully saturated rings. The first-order chi connectivity index (χ1) is 21.9. The number of hydrogen-bond donors (Lipinski definition) is 0. The number of anilines is 5. The summed E-state index contributed by atoms with van der Waals surface area (Å²) in [4.78, 5) is 24.6. The molecule has 0 aliphatic rings. The average Bonchev–Trinajstić information content (AvgIpc) is 3.05. The summed E-state index contributed by atoms with van der Waals surface area (Å²) in [7, 11) is 0. The Kier molecular flexibility index (Phi) is 8.39. The summed E-state index contributed by atoms with van der Waals surface area (Å²) in [6.45, 7) is 12.3. The van der Waals surface area contributed by atoms with Crippen molar-refractivity contribution in [2.45, 2.75) is 48.0 Å². The van der Waals surface area contributed by atoms with Gasteiger partial charge in [0.2, 0.25) is 0 Å². The molecular formula is C39H38N6. The number of benzene rings is 3. The minimum atomic E-state index is 0.720. The van der Waals surface area contributed by atoms with Crippen LogP contribution in [0.4, 0.5) is 28.8 Å². The third-order valence-corrected chi connectivity index (χ3v) is 7.93. The van der Waals surface area contributed by atoms with Crippen molar-refractivity contribution in [1.29, 1.82) is 0 Å². The van der Waals surface area contributed by atoms with Crippen LogP contribution in [0, 0.1) is 20.8 Å².